The zero-order valence-corrected chi connectivity index (χ0v) is 52.7. The van der Waals surface area contributed by atoms with Crippen molar-refractivity contribution in [2.75, 3.05) is 14.7 Å². The van der Waals surface area contributed by atoms with Crippen LogP contribution in [-0.4, -0.2) is 6.71 Å². The minimum absolute atomic E-state index is 0.00340. The van der Waals surface area contributed by atoms with Crippen LogP contribution in [0.25, 0.3) is 21.9 Å². The topological polar surface area (TPSA) is 22.9 Å². The fourth-order valence-corrected chi connectivity index (χ4v) is 15.4. The molecule has 1 aromatic heterocycles. The maximum Gasteiger partial charge on any atom is 0.252 e. The van der Waals surface area contributed by atoms with Crippen LogP contribution in [0, 0.1) is 13.8 Å². The van der Waals surface area contributed by atoms with Crippen LogP contribution in [0.3, 0.4) is 0 Å². The highest BCUT2D eigenvalue weighted by Crippen LogP contribution is 2.56. The highest BCUT2D eigenvalue weighted by atomic mass is 16.3. The summed E-state index contributed by atoms with van der Waals surface area (Å²) in [6.45, 7) is 45.3. The van der Waals surface area contributed by atoms with Crippen LogP contribution in [0.4, 0.5) is 51.2 Å². The molecule has 2 aliphatic carbocycles. The van der Waals surface area contributed by atoms with Crippen molar-refractivity contribution in [3.8, 4) is 0 Å². The highest BCUT2D eigenvalue weighted by Gasteiger charge is 2.49. The van der Waals surface area contributed by atoms with Gasteiger partial charge in [-0.05, 0) is 211 Å². The number of hydrogen-bond donors (Lipinski definition) is 0. The Morgan fingerprint density at radius 1 is 0.451 bits per heavy atom. The van der Waals surface area contributed by atoms with Crippen LogP contribution in [0.2, 0.25) is 0 Å². The van der Waals surface area contributed by atoms with E-state index in [1.165, 1.54) is 101 Å². The van der Waals surface area contributed by atoms with E-state index in [4.69, 9.17) is 4.42 Å². The molecular formula is C77H86BN3O. The summed E-state index contributed by atoms with van der Waals surface area (Å²) in [7, 11) is 0. The SMILES string of the molecule is Cc1cc2c3c(c1)N(c1cc4c(cc1C)C(C)(C)CCC4(C)C)c1cc4c(cc1B3c1ccc(N(c3ccc(C(C)(C)C)cc3)c3cccc(C(C)(C)C)c3)cc1N2c1cc(C(C)(C)C)c2oc3ccccc3c2c1)C(C)(C)CC4(C)C. The molecule has 0 N–H and O–H groups in total. The number of fused-ring (bicyclic) bond motifs is 9. The van der Waals surface area contributed by atoms with Gasteiger partial charge in [0.25, 0.3) is 6.71 Å². The van der Waals surface area contributed by atoms with Gasteiger partial charge in [0, 0.05) is 67.5 Å². The molecule has 8 aromatic carbocycles. The Balaban J connectivity index is 1.15. The zero-order valence-electron chi connectivity index (χ0n) is 52.7. The fraction of sp³-hybridized carbons (Fsp3) is 0.377. The summed E-state index contributed by atoms with van der Waals surface area (Å²) in [5.41, 5.74) is 28.9. The van der Waals surface area contributed by atoms with Crippen LogP contribution in [0.1, 0.15) is 187 Å². The molecule has 0 bridgehead atoms. The van der Waals surface area contributed by atoms with Crippen LogP contribution in [-0.2, 0) is 37.9 Å². The summed E-state index contributed by atoms with van der Waals surface area (Å²) in [4.78, 5) is 7.88. The second-order valence-corrected chi connectivity index (χ2v) is 31.1. The van der Waals surface area contributed by atoms with Crippen LogP contribution in [0.5, 0.6) is 0 Å². The van der Waals surface area contributed by atoms with E-state index in [1.54, 1.807) is 0 Å². The third kappa shape index (κ3) is 8.43. The second kappa shape index (κ2) is 17.8. The average molecular weight is 1080 g/mol. The van der Waals surface area contributed by atoms with Gasteiger partial charge in [-0.3, -0.25) is 0 Å². The Morgan fingerprint density at radius 2 is 1.02 bits per heavy atom. The molecule has 82 heavy (non-hydrogen) atoms. The molecule has 2 aliphatic heterocycles. The molecule has 0 amide bonds. The number of furan rings is 1. The fourth-order valence-electron chi connectivity index (χ4n) is 15.4. The molecule has 0 radical (unpaired) electrons. The predicted molar refractivity (Wildman–Crippen MR) is 354 cm³/mol. The molecule has 13 rings (SSSR count). The van der Waals surface area contributed by atoms with E-state index in [1.807, 2.05) is 0 Å². The number of aryl methyl sites for hydroxylation is 2. The molecule has 4 nitrogen and oxygen atoms in total. The summed E-state index contributed by atoms with van der Waals surface area (Å²) < 4.78 is 6.90. The first-order chi connectivity index (χ1) is 38.3. The van der Waals surface area contributed by atoms with Crippen molar-refractivity contribution >= 4 is 96.2 Å². The van der Waals surface area contributed by atoms with Crippen molar-refractivity contribution in [2.45, 2.75) is 189 Å². The molecule has 0 atom stereocenters. The molecule has 4 aliphatic rings. The molecule has 0 saturated heterocycles. The lowest BCUT2D eigenvalue weighted by Gasteiger charge is -2.47. The largest absolute Gasteiger partial charge is 0.456 e. The summed E-state index contributed by atoms with van der Waals surface area (Å²) in [5, 5.41) is 2.28. The summed E-state index contributed by atoms with van der Waals surface area (Å²) >= 11 is 0. The summed E-state index contributed by atoms with van der Waals surface area (Å²) in [5.74, 6) is 0. The number of nitrogens with zero attached hydrogens (tertiary/aromatic N) is 3. The van der Waals surface area contributed by atoms with Gasteiger partial charge >= 0.3 is 0 Å². The molecule has 0 fully saturated rings. The number of benzene rings is 8. The van der Waals surface area contributed by atoms with E-state index >= 15 is 0 Å². The minimum Gasteiger partial charge on any atom is -0.456 e. The van der Waals surface area contributed by atoms with Gasteiger partial charge < -0.3 is 19.1 Å². The monoisotopic (exact) mass is 1080 g/mol. The maximum atomic E-state index is 6.90. The molecular weight excluding hydrogens is 994 g/mol. The van der Waals surface area contributed by atoms with E-state index in [-0.39, 0.29) is 44.6 Å². The second-order valence-electron chi connectivity index (χ2n) is 31.1. The van der Waals surface area contributed by atoms with Gasteiger partial charge in [0.2, 0.25) is 0 Å². The quantitative estimate of drug-likeness (QED) is 0.160. The lowest BCUT2D eigenvalue weighted by atomic mass is 9.33. The molecule has 418 valence electrons. The van der Waals surface area contributed by atoms with Crippen molar-refractivity contribution in [3.05, 3.63) is 190 Å². The van der Waals surface area contributed by atoms with Crippen LogP contribution >= 0.6 is 0 Å². The van der Waals surface area contributed by atoms with Gasteiger partial charge in [0.1, 0.15) is 11.2 Å². The first-order valence-corrected chi connectivity index (χ1v) is 30.5. The molecule has 5 heteroatoms. The lowest BCUT2D eigenvalue weighted by molar-refractivity contribution is 0.332. The van der Waals surface area contributed by atoms with Gasteiger partial charge in [-0.1, -0.05) is 178 Å². The molecule has 3 heterocycles. The molecule has 0 spiro atoms. The van der Waals surface area contributed by atoms with Gasteiger partial charge in [-0.2, -0.15) is 0 Å². The smallest absolute Gasteiger partial charge is 0.252 e. The normalized spacial score (nSPS) is 17.4. The summed E-state index contributed by atoms with van der Waals surface area (Å²) in [6.07, 6.45) is 3.44. The Morgan fingerprint density at radius 3 is 1.68 bits per heavy atom. The Kier molecular flexibility index (Phi) is 11.8. The van der Waals surface area contributed by atoms with E-state index in [0.717, 1.165) is 57.5 Å². The van der Waals surface area contributed by atoms with E-state index in [2.05, 4.69) is 286 Å². The number of rotatable bonds is 5. The standard InChI is InChI=1S/C77H86BN3O/c1-46-35-66-69-67(36-46)81(63-43-58-56(37-47(63)2)74(12,13)33-34-75(58,14)15)65-44-59-57(76(16,17)45-77(59,18)19)42-62(65)78(69)61-32-31-52(79(50-29-27-48(28-30-50)71(3,4)5)51-24-22-23-49(38-51)72(6,7)8)41-64(61)80(66)53-39-55-54-25-20-21-26-68(54)82-70(55)60(40-53)73(9,10)11/h20-32,35-44H,33-34,45H2,1-19H3. The van der Waals surface area contributed by atoms with E-state index < -0.39 is 0 Å². The number of hydrogen-bond acceptors (Lipinski definition) is 4. The van der Waals surface area contributed by atoms with Gasteiger partial charge in [-0.25, -0.2) is 0 Å². The summed E-state index contributed by atoms with van der Waals surface area (Å²) in [6, 6.07) is 55.1. The Labute approximate surface area is 491 Å². The predicted octanol–water partition coefficient (Wildman–Crippen LogP) is 20.0. The first kappa shape index (κ1) is 54.3. The average Bonchev–Trinajstić information content (AvgIpc) is 1.29. The van der Waals surface area contributed by atoms with Gasteiger partial charge in [0.05, 0.1) is 0 Å². The molecule has 9 aromatic rings. The third-order valence-corrected chi connectivity index (χ3v) is 19.8. The van der Waals surface area contributed by atoms with Crippen molar-refractivity contribution in [1.29, 1.82) is 0 Å². The van der Waals surface area contributed by atoms with E-state index in [0.29, 0.717) is 0 Å². The van der Waals surface area contributed by atoms with Gasteiger partial charge in [-0.15, -0.1) is 0 Å². The number of para-hydroxylation sites is 1. The maximum absolute atomic E-state index is 6.90. The first-order valence-electron chi connectivity index (χ1n) is 30.5. The molecule has 0 saturated carbocycles. The Hall–Kier alpha value is -6.98. The Bertz CT molecular complexity index is 4120. The van der Waals surface area contributed by atoms with Crippen LogP contribution < -0.4 is 31.1 Å². The van der Waals surface area contributed by atoms with Gasteiger partial charge in [0.15, 0.2) is 0 Å². The van der Waals surface area contributed by atoms with Crippen LogP contribution in [0.15, 0.2) is 144 Å². The number of anilines is 9. The zero-order chi connectivity index (χ0) is 58.3. The molecule has 0 unspecified atom stereocenters. The third-order valence-electron chi connectivity index (χ3n) is 19.8. The van der Waals surface area contributed by atoms with Crippen molar-refractivity contribution in [1.82, 2.24) is 0 Å². The van der Waals surface area contributed by atoms with Crippen molar-refractivity contribution < 1.29 is 4.42 Å². The van der Waals surface area contributed by atoms with Crippen molar-refractivity contribution in [3.63, 3.8) is 0 Å². The van der Waals surface area contributed by atoms with Crippen molar-refractivity contribution in [2.24, 2.45) is 0 Å². The minimum atomic E-state index is -0.228. The van der Waals surface area contributed by atoms with E-state index in [9.17, 15) is 0 Å². The lowest BCUT2D eigenvalue weighted by Crippen LogP contribution is -2.61. The highest BCUT2D eigenvalue weighted by molar-refractivity contribution is 7.00.